The van der Waals surface area contributed by atoms with Crippen molar-refractivity contribution in [2.75, 3.05) is 20.3 Å². The maximum absolute atomic E-state index is 13.4. The van der Waals surface area contributed by atoms with E-state index in [-0.39, 0.29) is 11.8 Å². The van der Waals surface area contributed by atoms with Gasteiger partial charge in [-0.1, -0.05) is 6.07 Å². The van der Waals surface area contributed by atoms with E-state index >= 15 is 0 Å². The number of carbonyl (C=O) groups is 1. The third kappa shape index (κ3) is 2.99. The van der Waals surface area contributed by atoms with Crippen LogP contribution in [0.1, 0.15) is 34.5 Å². The van der Waals surface area contributed by atoms with Crippen LogP contribution in [0.3, 0.4) is 0 Å². The summed E-state index contributed by atoms with van der Waals surface area (Å²) >= 11 is 0. The monoisotopic (exact) mass is 317 g/mol. The predicted molar refractivity (Wildman–Crippen MR) is 83.7 cm³/mol. The number of aromatic nitrogens is 2. The second-order valence-corrected chi connectivity index (χ2v) is 5.72. The number of rotatable bonds is 4. The lowest BCUT2D eigenvalue weighted by Gasteiger charge is -2.33. The van der Waals surface area contributed by atoms with Gasteiger partial charge in [0.15, 0.2) is 0 Å². The number of halogens is 1. The van der Waals surface area contributed by atoms with Gasteiger partial charge in [0.05, 0.1) is 18.5 Å². The fourth-order valence-electron chi connectivity index (χ4n) is 3.19. The molecule has 1 amide bonds. The van der Waals surface area contributed by atoms with Gasteiger partial charge in [-0.3, -0.25) is 9.48 Å². The number of hydrogen-bond donors (Lipinski definition) is 0. The molecule has 0 N–H and O–H groups in total. The molecule has 0 saturated carbocycles. The first kappa shape index (κ1) is 15.7. The average Bonchev–Trinajstić information content (AvgIpc) is 2.97. The Bertz CT molecular complexity index is 714. The Labute approximate surface area is 134 Å². The van der Waals surface area contributed by atoms with E-state index in [1.165, 1.54) is 12.1 Å². The van der Waals surface area contributed by atoms with Gasteiger partial charge < -0.3 is 9.64 Å². The number of fused-ring (bicyclic) bond motifs is 1. The summed E-state index contributed by atoms with van der Waals surface area (Å²) in [4.78, 5) is 14.4. The van der Waals surface area contributed by atoms with Crippen LogP contribution in [0.2, 0.25) is 0 Å². The molecule has 1 aromatic heterocycles. The van der Waals surface area contributed by atoms with E-state index < -0.39 is 5.82 Å². The number of aryl methyl sites for hydroxylation is 1. The minimum absolute atomic E-state index is 0.0729. The zero-order chi connectivity index (χ0) is 16.4. The van der Waals surface area contributed by atoms with Crippen molar-refractivity contribution in [2.45, 2.75) is 25.9 Å². The molecule has 0 radical (unpaired) electrons. The molecule has 23 heavy (non-hydrogen) atoms. The first-order valence-electron chi connectivity index (χ1n) is 7.72. The van der Waals surface area contributed by atoms with Crippen molar-refractivity contribution in [3.05, 3.63) is 53.1 Å². The van der Waals surface area contributed by atoms with Gasteiger partial charge in [0.25, 0.3) is 5.91 Å². The van der Waals surface area contributed by atoms with Gasteiger partial charge in [-0.05, 0) is 25.1 Å². The second kappa shape index (κ2) is 6.50. The van der Waals surface area contributed by atoms with E-state index in [0.29, 0.717) is 25.3 Å². The normalized spacial score (nSPS) is 17.2. The molecule has 5 nitrogen and oxygen atoms in total. The van der Waals surface area contributed by atoms with Crippen molar-refractivity contribution in [1.82, 2.24) is 14.7 Å². The summed E-state index contributed by atoms with van der Waals surface area (Å²) in [6.07, 6.45) is 1.81. The predicted octanol–water partition coefficient (Wildman–Crippen LogP) is 2.43. The Balaban J connectivity index is 1.89. The molecule has 0 aliphatic carbocycles. The zero-order valence-corrected chi connectivity index (χ0v) is 13.3. The number of nitrogens with zero attached hydrogens (tertiary/aromatic N) is 3. The molecule has 1 atom stereocenters. The van der Waals surface area contributed by atoms with E-state index in [0.717, 1.165) is 17.8 Å². The maximum Gasteiger partial charge on any atom is 0.254 e. The molecule has 2 aromatic rings. The molecule has 2 heterocycles. The highest BCUT2D eigenvalue weighted by Crippen LogP contribution is 2.29. The zero-order valence-electron chi connectivity index (χ0n) is 13.3. The highest BCUT2D eigenvalue weighted by molar-refractivity contribution is 5.94. The van der Waals surface area contributed by atoms with Crippen LogP contribution < -0.4 is 0 Å². The molecule has 0 spiro atoms. The third-order valence-corrected chi connectivity index (χ3v) is 4.17. The van der Waals surface area contributed by atoms with Gasteiger partial charge in [-0.25, -0.2) is 4.39 Å². The Kier molecular flexibility index (Phi) is 4.43. The van der Waals surface area contributed by atoms with E-state index in [9.17, 15) is 9.18 Å². The van der Waals surface area contributed by atoms with Crippen LogP contribution in [0, 0.1) is 5.82 Å². The Morgan fingerprint density at radius 3 is 3.00 bits per heavy atom. The summed E-state index contributed by atoms with van der Waals surface area (Å²) < 4.78 is 20.7. The molecule has 1 aliphatic heterocycles. The summed E-state index contributed by atoms with van der Waals surface area (Å²) in [5, 5.41) is 4.39. The lowest BCUT2D eigenvalue weighted by Crippen LogP contribution is -2.40. The van der Waals surface area contributed by atoms with E-state index in [1.54, 1.807) is 24.1 Å². The van der Waals surface area contributed by atoms with E-state index in [2.05, 4.69) is 5.10 Å². The lowest BCUT2D eigenvalue weighted by molar-refractivity contribution is 0.0675. The van der Waals surface area contributed by atoms with Crippen LogP contribution in [0.25, 0.3) is 0 Å². The number of ether oxygens (including phenoxy) is 1. The number of carbonyl (C=O) groups excluding carboxylic acids is 1. The second-order valence-electron chi connectivity index (χ2n) is 5.72. The quantitative estimate of drug-likeness (QED) is 0.870. The van der Waals surface area contributed by atoms with Crippen LogP contribution in [0.4, 0.5) is 4.39 Å². The molecule has 0 unspecified atom stereocenters. The van der Waals surface area contributed by atoms with Crippen molar-refractivity contribution >= 4 is 5.91 Å². The molecule has 0 fully saturated rings. The number of amides is 1. The standard InChI is InChI=1S/C17H20FN3O2/c1-3-21-16-13(8-19-21)9-20(10-14(16)11-23-2)17(22)12-5-4-6-15(18)7-12/h4-8,14H,3,9-11H2,1-2H3/t14-/m1/s1. The topological polar surface area (TPSA) is 47.4 Å². The number of hydrogen-bond acceptors (Lipinski definition) is 3. The van der Waals surface area contributed by atoms with Crippen LogP contribution in [-0.4, -0.2) is 40.8 Å². The Hall–Kier alpha value is -2.21. The molecular weight excluding hydrogens is 297 g/mol. The Morgan fingerprint density at radius 1 is 1.48 bits per heavy atom. The summed E-state index contributed by atoms with van der Waals surface area (Å²) in [5.41, 5.74) is 2.54. The largest absolute Gasteiger partial charge is 0.384 e. The van der Waals surface area contributed by atoms with Crippen LogP contribution in [0.5, 0.6) is 0 Å². The van der Waals surface area contributed by atoms with Crippen molar-refractivity contribution in [3.8, 4) is 0 Å². The first-order chi connectivity index (χ1) is 11.1. The number of methoxy groups -OCH3 is 1. The van der Waals surface area contributed by atoms with Gasteiger partial charge in [0.2, 0.25) is 0 Å². The molecule has 0 saturated heterocycles. The van der Waals surface area contributed by atoms with Crippen LogP contribution >= 0.6 is 0 Å². The summed E-state index contributed by atoms with van der Waals surface area (Å²) in [5.74, 6) is -0.495. The first-order valence-corrected chi connectivity index (χ1v) is 7.72. The molecule has 122 valence electrons. The van der Waals surface area contributed by atoms with Crippen molar-refractivity contribution < 1.29 is 13.9 Å². The fraction of sp³-hybridized carbons (Fsp3) is 0.412. The average molecular weight is 317 g/mol. The minimum atomic E-state index is -0.402. The van der Waals surface area contributed by atoms with Crippen LogP contribution in [-0.2, 0) is 17.8 Å². The molecule has 3 rings (SSSR count). The summed E-state index contributed by atoms with van der Waals surface area (Å²) in [6, 6.07) is 5.81. The molecule has 1 aromatic carbocycles. The highest BCUT2D eigenvalue weighted by atomic mass is 19.1. The van der Waals surface area contributed by atoms with Crippen molar-refractivity contribution in [3.63, 3.8) is 0 Å². The smallest absolute Gasteiger partial charge is 0.254 e. The van der Waals surface area contributed by atoms with Gasteiger partial charge in [-0.2, -0.15) is 5.10 Å². The SMILES string of the molecule is CCn1ncc2c1[C@@H](COC)CN(C(=O)c1cccc(F)c1)C2. The molecule has 6 heteroatoms. The number of benzene rings is 1. The van der Waals surface area contributed by atoms with Gasteiger partial charge in [0.1, 0.15) is 5.82 Å². The van der Waals surface area contributed by atoms with Crippen LogP contribution in [0.15, 0.2) is 30.5 Å². The lowest BCUT2D eigenvalue weighted by atomic mass is 9.96. The van der Waals surface area contributed by atoms with Gasteiger partial charge in [-0.15, -0.1) is 0 Å². The summed E-state index contributed by atoms with van der Waals surface area (Å²) in [6.45, 7) is 4.38. The molecule has 1 aliphatic rings. The minimum Gasteiger partial charge on any atom is -0.384 e. The van der Waals surface area contributed by atoms with Gasteiger partial charge in [0, 0.05) is 43.8 Å². The van der Waals surface area contributed by atoms with Crippen molar-refractivity contribution in [1.29, 1.82) is 0 Å². The van der Waals surface area contributed by atoms with E-state index in [1.807, 2.05) is 17.8 Å². The Morgan fingerprint density at radius 2 is 2.30 bits per heavy atom. The fourth-order valence-corrected chi connectivity index (χ4v) is 3.19. The van der Waals surface area contributed by atoms with Crippen molar-refractivity contribution in [2.24, 2.45) is 0 Å². The summed E-state index contributed by atoms with van der Waals surface area (Å²) in [7, 11) is 1.65. The molecular formula is C17H20FN3O2. The molecule has 0 bridgehead atoms. The van der Waals surface area contributed by atoms with E-state index in [4.69, 9.17) is 4.74 Å². The highest BCUT2D eigenvalue weighted by Gasteiger charge is 2.31. The maximum atomic E-state index is 13.4. The third-order valence-electron chi connectivity index (χ3n) is 4.17. The van der Waals surface area contributed by atoms with Gasteiger partial charge >= 0.3 is 0 Å².